The van der Waals surface area contributed by atoms with E-state index in [-0.39, 0.29) is 18.4 Å². The Hall–Kier alpha value is -1.43. The molecule has 0 aliphatic heterocycles. The van der Waals surface area contributed by atoms with Crippen LogP contribution in [0.3, 0.4) is 0 Å². The number of carbonyl (C=O) groups is 2. The minimum Gasteiger partial charge on any atom is -0.462 e. The Morgan fingerprint density at radius 2 is 2.31 bits per heavy atom. The molecule has 0 aliphatic carbocycles. The van der Waals surface area contributed by atoms with E-state index in [0.717, 1.165) is 10.6 Å². The molecule has 1 N–H and O–H groups in total. The summed E-state index contributed by atoms with van der Waals surface area (Å²) in [7, 11) is 0. The van der Waals surface area contributed by atoms with Crippen LogP contribution in [0.25, 0.3) is 0 Å². The van der Waals surface area contributed by atoms with E-state index in [4.69, 9.17) is 0 Å². The Morgan fingerprint density at radius 3 is 2.88 bits per heavy atom. The van der Waals surface area contributed by atoms with Gasteiger partial charge in [-0.3, -0.25) is 9.59 Å². The SMILES string of the molecule is Cc1nc(NC(=O)C(C)C)sc1COC=O. The van der Waals surface area contributed by atoms with Gasteiger partial charge in [-0.2, -0.15) is 0 Å². The monoisotopic (exact) mass is 242 g/mol. The van der Waals surface area contributed by atoms with Crippen molar-refractivity contribution in [2.24, 2.45) is 5.92 Å². The van der Waals surface area contributed by atoms with E-state index in [1.165, 1.54) is 11.3 Å². The first kappa shape index (κ1) is 12.6. The van der Waals surface area contributed by atoms with Crippen molar-refractivity contribution < 1.29 is 14.3 Å². The van der Waals surface area contributed by atoms with E-state index in [1.54, 1.807) is 0 Å². The van der Waals surface area contributed by atoms with Crippen molar-refractivity contribution in [1.82, 2.24) is 4.98 Å². The summed E-state index contributed by atoms with van der Waals surface area (Å²) in [6.45, 7) is 6.03. The number of aryl methyl sites for hydroxylation is 1. The predicted octanol–water partition coefficient (Wildman–Crippen LogP) is 1.72. The number of nitrogens with zero attached hydrogens (tertiary/aromatic N) is 1. The van der Waals surface area contributed by atoms with Gasteiger partial charge in [0.05, 0.1) is 10.6 Å². The van der Waals surface area contributed by atoms with Gasteiger partial charge in [-0.25, -0.2) is 4.98 Å². The van der Waals surface area contributed by atoms with Crippen LogP contribution >= 0.6 is 11.3 Å². The lowest BCUT2D eigenvalue weighted by atomic mass is 10.2. The van der Waals surface area contributed by atoms with Crippen molar-refractivity contribution in [3.05, 3.63) is 10.6 Å². The third kappa shape index (κ3) is 3.30. The minimum atomic E-state index is -0.0844. The van der Waals surface area contributed by atoms with Crippen LogP contribution in [-0.2, 0) is 20.9 Å². The van der Waals surface area contributed by atoms with Crippen molar-refractivity contribution in [3.63, 3.8) is 0 Å². The zero-order valence-corrected chi connectivity index (χ0v) is 10.3. The van der Waals surface area contributed by atoms with Gasteiger partial charge in [0.1, 0.15) is 6.61 Å². The third-order valence-corrected chi connectivity index (χ3v) is 2.98. The molecule has 1 heterocycles. The summed E-state index contributed by atoms with van der Waals surface area (Å²) in [6, 6.07) is 0. The molecule has 0 aliphatic rings. The lowest BCUT2D eigenvalue weighted by Gasteiger charge is -2.02. The molecule has 1 aromatic rings. The first-order valence-electron chi connectivity index (χ1n) is 4.87. The normalized spacial score (nSPS) is 10.2. The molecule has 16 heavy (non-hydrogen) atoms. The largest absolute Gasteiger partial charge is 0.462 e. The van der Waals surface area contributed by atoms with Crippen LogP contribution in [0.15, 0.2) is 0 Å². The van der Waals surface area contributed by atoms with E-state index < -0.39 is 0 Å². The molecule has 0 saturated heterocycles. The van der Waals surface area contributed by atoms with Crippen molar-refractivity contribution in [2.45, 2.75) is 27.4 Å². The molecule has 0 aromatic carbocycles. The number of anilines is 1. The van der Waals surface area contributed by atoms with Gasteiger partial charge in [0, 0.05) is 5.92 Å². The van der Waals surface area contributed by atoms with E-state index in [2.05, 4.69) is 15.0 Å². The van der Waals surface area contributed by atoms with Crippen molar-refractivity contribution in [3.8, 4) is 0 Å². The second-order valence-electron chi connectivity index (χ2n) is 3.58. The highest BCUT2D eigenvalue weighted by molar-refractivity contribution is 7.15. The Morgan fingerprint density at radius 1 is 1.62 bits per heavy atom. The van der Waals surface area contributed by atoms with Crippen molar-refractivity contribution >= 4 is 28.8 Å². The highest BCUT2D eigenvalue weighted by atomic mass is 32.1. The van der Waals surface area contributed by atoms with Gasteiger partial charge in [0.2, 0.25) is 5.91 Å². The summed E-state index contributed by atoms with van der Waals surface area (Å²) < 4.78 is 4.64. The number of ether oxygens (including phenoxy) is 1. The molecule has 0 spiro atoms. The molecule has 0 unspecified atom stereocenters. The maximum Gasteiger partial charge on any atom is 0.293 e. The van der Waals surface area contributed by atoms with Crippen LogP contribution < -0.4 is 5.32 Å². The average Bonchev–Trinajstić information content (AvgIpc) is 2.55. The number of rotatable bonds is 5. The van der Waals surface area contributed by atoms with Gasteiger partial charge in [-0.1, -0.05) is 25.2 Å². The maximum atomic E-state index is 11.4. The fourth-order valence-corrected chi connectivity index (χ4v) is 1.86. The van der Waals surface area contributed by atoms with Gasteiger partial charge in [-0.05, 0) is 6.92 Å². The molecular formula is C10H14N2O3S. The number of aromatic nitrogens is 1. The van der Waals surface area contributed by atoms with Crippen molar-refractivity contribution in [1.29, 1.82) is 0 Å². The van der Waals surface area contributed by atoms with Gasteiger partial charge < -0.3 is 10.1 Å². The van der Waals surface area contributed by atoms with Crippen LogP contribution in [0.1, 0.15) is 24.4 Å². The van der Waals surface area contributed by atoms with Gasteiger partial charge >= 0.3 is 0 Å². The molecule has 0 fully saturated rings. The Kier molecular flexibility index (Phi) is 4.42. The molecule has 1 amide bonds. The first-order valence-corrected chi connectivity index (χ1v) is 5.68. The number of carbonyl (C=O) groups excluding carboxylic acids is 2. The predicted molar refractivity (Wildman–Crippen MR) is 61.2 cm³/mol. The minimum absolute atomic E-state index is 0.0726. The zero-order chi connectivity index (χ0) is 12.1. The van der Waals surface area contributed by atoms with Crippen LogP contribution in [-0.4, -0.2) is 17.4 Å². The third-order valence-electron chi connectivity index (χ3n) is 1.93. The summed E-state index contributed by atoms with van der Waals surface area (Å²) in [6.07, 6.45) is 0. The second kappa shape index (κ2) is 5.60. The van der Waals surface area contributed by atoms with Crippen LogP contribution in [0, 0.1) is 12.8 Å². The van der Waals surface area contributed by atoms with E-state index in [1.807, 2.05) is 20.8 Å². The smallest absolute Gasteiger partial charge is 0.293 e. The summed E-state index contributed by atoms with van der Waals surface area (Å²) in [5.41, 5.74) is 0.769. The fraction of sp³-hybridized carbons (Fsp3) is 0.500. The summed E-state index contributed by atoms with van der Waals surface area (Å²) >= 11 is 1.32. The molecule has 6 heteroatoms. The average molecular weight is 242 g/mol. The lowest BCUT2D eigenvalue weighted by molar-refractivity contribution is -0.129. The quantitative estimate of drug-likeness (QED) is 0.798. The van der Waals surface area contributed by atoms with Gasteiger partial charge in [0.15, 0.2) is 5.13 Å². The molecule has 1 aromatic heterocycles. The van der Waals surface area contributed by atoms with Crippen LogP contribution in [0.4, 0.5) is 5.13 Å². The topological polar surface area (TPSA) is 68.3 Å². The standard InChI is InChI=1S/C10H14N2O3S/c1-6(2)9(14)12-10-11-7(3)8(16-10)4-15-5-13/h5-6H,4H2,1-3H3,(H,11,12,14). The Balaban J connectivity index is 2.68. The number of nitrogens with one attached hydrogen (secondary N) is 1. The van der Waals surface area contributed by atoms with Crippen molar-refractivity contribution in [2.75, 3.05) is 5.32 Å². The Bertz CT molecular complexity index is 387. The highest BCUT2D eigenvalue weighted by Crippen LogP contribution is 2.23. The molecule has 0 atom stereocenters. The molecule has 0 radical (unpaired) electrons. The Labute approximate surface area is 97.8 Å². The van der Waals surface area contributed by atoms with Gasteiger partial charge in [0.25, 0.3) is 6.47 Å². The molecule has 88 valence electrons. The van der Waals surface area contributed by atoms with Crippen LogP contribution in [0.5, 0.6) is 0 Å². The summed E-state index contributed by atoms with van der Waals surface area (Å²) in [5.74, 6) is -0.157. The number of hydrogen-bond acceptors (Lipinski definition) is 5. The number of amides is 1. The van der Waals surface area contributed by atoms with E-state index >= 15 is 0 Å². The fourth-order valence-electron chi connectivity index (χ4n) is 0.975. The maximum absolute atomic E-state index is 11.4. The van der Waals surface area contributed by atoms with Crippen LogP contribution in [0.2, 0.25) is 0 Å². The zero-order valence-electron chi connectivity index (χ0n) is 9.44. The summed E-state index contributed by atoms with van der Waals surface area (Å²) in [5, 5.41) is 3.25. The molecule has 0 bridgehead atoms. The van der Waals surface area contributed by atoms with Gasteiger partial charge in [-0.15, -0.1) is 0 Å². The lowest BCUT2D eigenvalue weighted by Crippen LogP contribution is -2.17. The summed E-state index contributed by atoms with van der Waals surface area (Å²) in [4.78, 5) is 26.5. The molecule has 0 saturated carbocycles. The first-order chi connectivity index (χ1) is 7.54. The number of hydrogen-bond donors (Lipinski definition) is 1. The molecule has 1 rings (SSSR count). The number of thiazole rings is 1. The molecule has 5 nitrogen and oxygen atoms in total. The van der Waals surface area contributed by atoms with E-state index in [9.17, 15) is 9.59 Å². The molecular weight excluding hydrogens is 228 g/mol. The highest BCUT2D eigenvalue weighted by Gasteiger charge is 2.12. The van der Waals surface area contributed by atoms with E-state index in [0.29, 0.717) is 11.6 Å². The second-order valence-corrected chi connectivity index (χ2v) is 4.66.